The summed E-state index contributed by atoms with van der Waals surface area (Å²) >= 11 is 7.69. The average Bonchev–Trinajstić information content (AvgIpc) is 3.39. The lowest BCUT2D eigenvalue weighted by atomic mass is 9.88. The predicted molar refractivity (Wildman–Crippen MR) is 159 cm³/mol. The Morgan fingerprint density at radius 1 is 0.895 bits per heavy atom. The highest BCUT2D eigenvalue weighted by atomic mass is 35.5. The van der Waals surface area contributed by atoms with Gasteiger partial charge < -0.3 is 5.32 Å². The minimum absolute atomic E-state index is 0.0920. The Hall–Kier alpha value is -2.99. The molecule has 6 heteroatoms. The van der Waals surface area contributed by atoms with Crippen molar-refractivity contribution in [2.45, 2.75) is 45.7 Å². The molecular formula is C32H36ClN3OS. The summed E-state index contributed by atoms with van der Waals surface area (Å²) in [7, 11) is 0. The summed E-state index contributed by atoms with van der Waals surface area (Å²) < 4.78 is 0. The number of carbonyl (C=O) groups is 1. The molecule has 0 saturated carbocycles. The maximum atomic E-state index is 12.6. The van der Waals surface area contributed by atoms with Crippen LogP contribution in [0.2, 0.25) is 5.02 Å². The maximum absolute atomic E-state index is 12.6. The lowest BCUT2D eigenvalue weighted by molar-refractivity contribution is 0.0947. The Morgan fingerprint density at radius 3 is 2.13 bits per heavy atom. The molecule has 0 aliphatic rings. The van der Waals surface area contributed by atoms with Gasteiger partial charge in [0, 0.05) is 29.4 Å². The van der Waals surface area contributed by atoms with Crippen LogP contribution in [0.5, 0.6) is 0 Å². The van der Waals surface area contributed by atoms with Crippen LogP contribution in [0.25, 0.3) is 0 Å². The monoisotopic (exact) mass is 545 g/mol. The first-order valence-electron chi connectivity index (χ1n) is 13.3. The molecule has 0 saturated heterocycles. The number of hydrogen-bond acceptors (Lipinski definition) is 4. The molecule has 3 aromatic carbocycles. The van der Waals surface area contributed by atoms with Crippen molar-refractivity contribution < 1.29 is 4.79 Å². The molecule has 1 amide bonds. The highest BCUT2D eigenvalue weighted by molar-refractivity contribution is 7.09. The van der Waals surface area contributed by atoms with Crippen molar-refractivity contribution in [3.8, 4) is 0 Å². The van der Waals surface area contributed by atoms with Crippen molar-refractivity contribution in [3.63, 3.8) is 0 Å². The van der Waals surface area contributed by atoms with Crippen LogP contribution in [-0.2, 0) is 13.1 Å². The summed E-state index contributed by atoms with van der Waals surface area (Å²) in [6.45, 7) is 7.33. The smallest absolute Gasteiger partial charge is 0.270 e. The summed E-state index contributed by atoms with van der Waals surface area (Å²) in [5, 5.41) is 6.56. The van der Waals surface area contributed by atoms with E-state index in [2.05, 4.69) is 96.9 Å². The second-order valence-electron chi connectivity index (χ2n) is 10.1. The van der Waals surface area contributed by atoms with Gasteiger partial charge in [-0.2, -0.15) is 0 Å². The zero-order valence-corrected chi connectivity index (χ0v) is 23.7. The van der Waals surface area contributed by atoms with Crippen molar-refractivity contribution in [2.24, 2.45) is 5.92 Å². The summed E-state index contributed by atoms with van der Waals surface area (Å²) in [5.41, 5.74) is 4.35. The number of thiazole rings is 1. The van der Waals surface area contributed by atoms with E-state index < -0.39 is 0 Å². The fraction of sp³-hybridized carbons (Fsp3) is 0.312. The van der Waals surface area contributed by atoms with Crippen LogP contribution in [0.15, 0.2) is 90.3 Å². The van der Waals surface area contributed by atoms with Crippen LogP contribution < -0.4 is 5.32 Å². The minimum atomic E-state index is -0.0920. The van der Waals surface area contributed by atoms with Gasteiger partial charge in [-0.3, -0.25) is 9.69 Å². The van der Waals surface area contributed by atoms with Crippen molar-refractivity contribution in [1.29, 1.82) is 0 Å². The predicted octanol–water partition coefficient (Wildman–Crippen LogP) is 7.80. The Labute approximate surface area is 235 Å². The Kier molecular flexibility index (Phi) is 10.5. The highest BCUT2D eigenvalue weighted by Crippen LogP contribution is 2.29. The van der Waals surface area contributed by atoms with Crippen LogP contribution in [0.4, 0.5) is 0 Å². The number of nitrogens with one attached hydrogen (secondary N) is 1. The van der Waals surface area contributed by atoms with E-state index in [9.17, 15) is 4.79 Å². The van der Waals surface area contributed by atoms with Gasteiger partial charge in [0.2, 0.25) is 0 Å². The zero-order valence-electron chi connectivity index (χ0n) is 22.1. The molecule has 1 N–H and O–H groups in total. The summed E-state index contributed by atoms with van der Waals surface area (Å²) in [6, 6.07) is 29.5. The summed E-state index contributed by atoms with van der Waals surface area (Å²) in [4.78, 5) is 19.7. The third kappa shape index (κ3) is 8.52. The van der Waals surface area contributed by atoms with Crippen molar-refractivity contribution in [3.05, 3.63) is 123 Å². The molecule has 0 spiro atoms. The molecule has 4 rings (SSSR count). The van der Waals surface area contributed by atoms with Crippen molar-refractivity contribution >= 4 is 28.8 Å². The molecular weight excluding hydrogens is 510 g/mol. The number of carbonyl (C=O) groups excluding carboxylic acids is 1. The van der Waals surface area contributed by atoms with Gasteiger partial charge >= 0.3 is 0 Å². The number of nitrogens with zero attached hydrogens (tertiary/aromatic N) is 2. The van der Waals surface area contributed by atoms with Crippen molar-refractivity contribution in [2.75, 3.05) is 13.1 Å². The molecule has 0 fully saturated rings. The Morgan fingerprint density at radius 2 is 1.53 bits per heavy atom. The van der Waals surface area contributed by atoms with E-state index in [-0.39, 0.29) is 5.91 Å². The van der Waals surface area contributed by atoms with Crippen LogP contribution in [0.3, 0.4) is 0 Å². The molecule has 0 bridgehead atoms. The van der Waals surface area contributed by atoms with E-state index in [4.69, 9.17) is 16.6 Å². The van der Waals surface area contributed by atoms with Crippen LogP contribution >= 0.6 is 22.9 Å². The van der Waals surface area contributed by atoms with E-state index in [1.165, 1.54) is 16.7 Å². The Balaban J connectivity index is 1.49. The molecule has 4 aromatic rings. The fourth-order valence-electron chi connectivity index (χ4n) is 4.51. The first-order chi connectivity index (χ1) is 18.5. The third-order valence-electron chi connectivity index (χ3n) is 6.61. The Bertz CT molecular complexity index is 1220. The van der Waals surface area contributed by atoms with Gasteiger partial charge in [-0.25, -0.2) is 4.98 Å². The number of halogens is 1. The number of aromatic nitrogens is 1. The van der Waals surface area contributed by atoms with Crippen molar-refractivity contribution in [1.82, 2.24) is 15.2 Å². The van der Waals surface area contributed by atoms with E-state index in [0.29, 0.717) is 30.6 Å². The molecule has 1 heterocycles. The largest absolute Gasteiger partial charge is 0.351 e. The standard InChI is InChI=1S/C32H36ClN3OS/c1-24(2)17-19-34-32(37)30-23-38-31(35-30)22-36(21-25-13-15-28(33)16-14-25)20-18-29(26-9-5-3-6-10-26)27-11-7-4-8-12-27/h3-16,23-24,29H,17-22H2,1-2H3,(H,34,37). The third-order valence-corrected chi connectivity index (χ3v) is 7.69. The van der Waals surface area contributed by atoms with Crippen LogP contribution in [0, 0.1) is 5.92 Å². The average molecular weight is 546 g/mol. The summed E-state index contributed by atoms with van der Waals surface area (Å²) in [5.74, 6) is 0.757. The zero-order chi connectivity index (χ0) is 26.7. The molecule has 4 nitrogen and oxygen atoms in total. The lowest BCUT2D eigenvalue weighted by Crippen LogP contribution is -2.27. The second kappa shape index (κ2) is 14.2. The van der Waals surface area contributed by atoms with Crippen LogP contribution in [0.1, 0.15) is 64.8 Å². The van der Waals surface area contributed by atoms with Gasteiger partial charge in [-0.15, -0.1) is 11.3 Å². The van der Waals surface area contributed by atoms with E-state index in [1.54, 1.807) is 11.3 Å². The number of hydrogen-bond donors (Lipinski definition) is 1. The molecule has 0 aliphatic carbocycles. The summed E-state index contributed by atoms with van der Waals surface area (Å²) in [6.07, 6.45) is 1.93. The number of amides is 1. The first-order valence-corrected chi connectivity index (χ1v) is 14.5. The first kappa shape index (κ1) is 28.0. The normalized spacial score (nSPS) is 11.4. The minimum Gasteiger partial charge on any atom is -0.351 e. The highest BCUT2D eigenvalue weighted by Gasteiger charge is 2.18. The molecule has 0 atom stereocenters. The topological polar surface area (TPSA) is 45.2 Å². The fourth-order valence-corrected chi connectivity index (χ4v) is 5.46. The van der Waals surface area contributed by atoms with Gasteiger partial charge in [-0.05, 0) is 54.1 Å². The van der Waals surface area contributed by atoms with Crippen LogP contribution in [-0.4, -0.2) is 28.9 Å². The lowest BCUT2D eigenvalue weighted by Gasteiger charge is -2.25. The molecule has 38 heavy (non-hydrogen) atoms. The molecule has 0 aliphatic heterocycles. The van der Waals surface area contributed by atoms with E-state index >= 15 is 0 Å². The van der Waals surface area contributed by atoms with Gasteiger partial charge in [0.25, 0.3) is 5.91 Å². The van der Waals surface area contributed by atoms with Gasteiger partial charge in [0.15, 0.2) is 0 Å². The number of rotatable bonds is 13. The van der Waals surface area contributed by atoms with E-state index in [0.717, 1.165) is 36.0 Å². The molecule has 0 unspecified atom stereocenters. The maximum Gasteiger partial charge on any atom is 0.270 e. The molecule has 198 valence electrons. The number of benzene rings is 3. The molecule has 1 aromatic heterocycles. The quantitative estimate of drug-likeness (QED) is 0.186. The SMILES string of the molecule is CC(C)CCNC(=O)c1csc(CN(CCC(c2ccccc2)c2ccccc2)Cc2ccc(Cl)cc2)n1. The van der Waals surface area contributed by atoms with E-state index in [1.807, 2.05) is 17.5 Å². The van der Waals surface area contributed by atoms with Gasteiger partial charge in [0.1, 0.15) is 10.7 Å². The van der Waals surface area contributed by atoms with Gasteiger partial charge in [-0.1, -0.05) is 98.2 Å². The second-order valence-corrected chi connectivity index (χ2v) is 11.4. The van der Waals surface area contributed by atoms with Gasteiger partial charge in [0.05, 0.1) is 6.54 Å². The molecule has 0 radical (unpaired) electrons.